The average Bonchev–Trinajstić information content (AvgIpc) is 3.07. The van der Waals surface area contributed by atoms with E-state index in [2.05, 4.69) is 14.9 Å². The van der Waals surface area contributed by atoms with Crippen LogP contribution in [0.3, 0.4) is 0 Å². The highest BCUT2D eigenvalue weighted by Gasteiger charge is 2.30. The summed E-state index contributed by atoms with van der Waals surface area (Å²) in [5.74, 6) is -1.68. The number of aliphatic hydroxyl groups is 1. The summed E-state index contributed by atoms with van der Waals surface area (Å²) < 4.78 is 28.6. The maximum absolute atomic E-state index is 13.6. The van der Waals surface area contributed by atoms with Crippen molar-refractivity contribution < 1.29 is 18.8 Å². The molecule has 3 heterocycles. The summed E-state index contributed by atoms with van der Waals surface area (Å²) >= 11 is 5.98. The van der Waals surface area contributed by atoms with Gasteiger partial charge in [0.1, 0.15) is 17.8 Å². The molecule has 0 fully saturated rings. The number of fused-ring (bicyclic) bond motifs is 1. The molecular weight excluding hydrogens is 488 g/mol. The first kappa shape index (κ1) is 26.0. The molecule has 0 bridgehead atoms. The quantitative estimate of drug-likeness (QED) is 0.396. The molecule has 1 aromatic carbocycles. The molecule has 0 aliphatic carbocycles. The Balaban J connectivity index is 0.00000324. The van der Waals surface area contributed by atoms with Gasteiger partial charge in [0.2, 0.25) is 0 Å². The zero-order chi connectivity index (χ0) is 23.9. The van der Waals surface area contributed by atoms with E-state index in [1.807, 2.05) is 6.92 Å². The van der Waals surface area contributed by atoms with Crippen LogP contribution >= 0.6 is 25.1 Å². The van der Waals surface area contributed by atoms with Gasteiger partial charge in [-0.2, -0.15) is 13.5 Å². The second-order valence-corrected chi connectivity index (χ2v) is 8.96. The Morgan fingerprint density at radius 3 is 2.50 bits per heavy atom. The molecule has 0 saturated heterocycles. The van der Waals surface area contributed by atoms with Gasteiger partial charge in [-0.1, -0.05) is 0 Å². The zero-order valence-electron chi connectivity index (χ0n) is 18.6. The summed E-state index contributed by atoms with van der Waals surface area (Å²) in [6, 6.07) is 5.15. The predicted molar refractivity (Wildman–Crippen MR) is 128 cm³/mol. The number of aryl methyl sites for hydroxylation is 1. The van der Waals surface area contributed by atoms with Gasteiger partial charge in [0.15, 0.2) is 0 Å². The van der Waals surface area contributed by atoms with Crippen molar-refractivity contribution in [1.29, 1.82) is 0 Å². The molecule has 1 atom stereocenters. The van der Waals surface area contributed by atoms with Gasteiger partial charge in [-0.05, 0) is 64.7 Å². The Kier molecular flexibility index (Phi) is 7.61. The molecule has 0 unspecified atom stereocenters. The van der Waals surface area contributed by atoms with E-state index < -0.39 is 22.2 Å². The monoisotopic (exact) mass is 511 g/mol. The molecule has 3 aromatic rings. The third kappa shape index (κ3) is 5.72. The van der Waals surface area contributed by atoms with Crippen LogP contribution < -0.4 is 0 Å². The molecule has 0 radical (unpaired) electrons. The topological polar surface area (TPSA) is 97.3 Å². The summed E-state index contributed by atoms with van der Waals surface area (Å²) in [4.78, 5) is 20.6. The van der Waals surface area contributed by atoms with Crippen molar-refractivity contribution in [2.75, 3.05) is 13.1 Å². The Bertz CT molecular complexity index is 1220. The van der Waals surface area contributed by atoms with Crippen LogP contribution in [0.1, 0.15) is 23.7 Å². The number of benzene rings is 1. The van der Waals surface area contributed by atoms with Crippen molar-refractivity contribution in [2.45, 2.75) is 39.0 Å². The summed E-state index contributed by atoms with van der Waals surface area (Å²) in [5, 5.41) is 21.8. The molecule has 2 aromatic heterocycles. The lowest BCUT2D eigenvalue weighted by Gasteiger charge is -2.35. The lowest BCUT2D eigenvalue weighted by atomic mass is 9.96. The van der Waals surface area contributed by atoms with Crippen LogP contribution in [0.5, 0.6) is 0 Å². The maximum atomic E-state index is 13.6. The van der Waals surface area contributed by atoms with Crippen LogP contribution in [0.2, 0.25) is 5.28 Å². The SMILES string of the molecule is Cc1cc(-c2cc(F)cc(F)c2)nc2c1CN(C[C@](C)(O)Cn1cc([N+](=O)[O-])nc1Cl)CC2.S. The van der Waals surface area contributed by atoms with E-state index in [0.29, 0.717) is 37.3 Å². The van der Waals surface area contributed by atoms with Crippen molar-refractivity contribution in [3.63, 3.8) is 0 Å². The number of β-amino-alcohol motifs (C(OH)–C–C–N with tert-alkyl or cyclic N) is 1. The highest BCUT2D eigenvalue weighted by molar-refractivity contribution is 7.59. The smallest absolute Gasteiger partial charge is 0.383 e. The van der Waals surface area contributed by atoms with Crippen molar-refractivity contribution >= 4 is 30.9 Å². The third-order valence-corrected chi connectivity index (χ3v) is 5.92. The summed E-state index contributed by atoms with van der Waals surface area (Å²) in [5.41, 5.74) is 2.48. The number of nitrogens with zero attached hydrogens (tertiary/aromatic N) is 5. The minimum absolute atomic E-state index is 0. The molecule has 12 heteroatoms. The van der Waals surface area contributed by atoms with Gasteiger partial charge in [0.25, 0.3) is 0 Å². The number of hydrogen-bond acceptors (Lipinski definition) is 6. The standard InChI is InChI=1S/C22H22ClF2N5O3.H2S/c1-13-5-19(14-6-15(24)8-16(25)7-14)26-18-3-4-28(9-17(13)18)11-22(2,31)12-29-10-20(30(32)33)27-21(29)23;/h5-8,10,31H,3-4,9,11-12H2,1-2H3;1H2/t22-;/m0./s1. The first-order chi connectivity index (χ1) is 15.5. The molecule has 34 heavy (non-hydrogen) atoms. The van der Waals surface area contributed by atoms with Crippen LogP contribution in [-0.4, -0.2) is 48.2 Å². The lowest BCUT2D eigenvalue weighted by molar-refractivity contribution is -0.389. The third-order valence-electron chi connectivity index (χ3n) is 5.62. The fourth-order valence-electron chi connectivity index (χ4n) is 4.22. The molecular formula is C22H24ClF2N5O3S. The van der Waals surface area contributed by atoms with E-state index in [1.165, 1.54) is 22.9 Å². The van der Waals surface area contributed by atoms with Gasteiger partial charge >= 0.3 is 11.1 Å². The molecule has 4 rings (SSSR count). The van der Waals surface area contributed by atoms with E-state index >= 15 is 0 Å². The second kappa shape index (κ2) is 9.95. The van der Waals surface area contributed by atoms with Crippen LogP contribution in [0.15, 0.2) is 30.5 Å². The maximum Gasteiger partial charge on any atom is 0.383 e. The van der Waals surface area contributed by atoms with E-state index in [1.54, 1.807) is 13.0 Å². The summed E-state index contributed by atoms with van der Waals surface area (Å²) in [6.07, 6.45) is 1.81. The highest BCUT2D eigenvalue weighted by Crippen LogP contribution is 2.28. The van der Waals surface area contributed by atoms with Gasteiger partial charge in [0.05, 0.1) is 17.8 Å². The number of aromatic nitrogens is 3. The van der Waals surface area contributed by atoms with Crippen molar-refractivity contribution in [3.8, 4) is 11.3 Å². The highest BCUT2D eigenvalue weighted by atomic mass is 35.5. The Morgan fingerprint density at radius 2 is 1.88 bits per heavy atom. The Labute approximate surface area is 206 Å². The zero-order valence-corrected chi connectivity index (χ0v) is 20.3. The molecule has 0 spiro atoms. The van der Waals surface area contributed by atoms with Gasteiger partial charge < -0.3 is 15.2 Å². The van der Waals surface area contributed by atoms with Gasteiger partial charge in [-0.3, -0.25) is 14.5 Å². The summed E-state index contributed by atoms with van der Waals surface area (Å²) in [7, 11) is 0. The number of halogens is 3. The van der Waals surface area contributed by atoms with E-state index in [0.717, 1.165) is 22.9 Å². The van der Waals surface area contributed by atoms with Crippen LogP contribution in [0.25, 0.3) is 11.3 Å². The predicted octanol–water partition coefficient (Wildman–Crippen LogP) is 4.02. The average molecular weight is 512 g/mol. The van der Waals surface area contributed by atoms with Crippen LogP contribution in [0.4, 0.5) is 14.6 Å². The van der Waals surface area contributed by atoms with Crippen molar-refractivity contribution in [1.82, 2.24) is 19.4 Å². The fraction of sp³-hybridized carbons (Fsp3) is 0.364. The van der Waals surface area contributed by atoms with Gasteiger partial charge in [0, 0.05) is 43.4 Å². The molecule has 1 N–H and O–H groups in total. The van der Waals surface area contributed by atoms with Gasteiger partial charge in [-0.15, -0.1) is 0 Å². The first-order valence-corrected chi connectivity index (χ1v) is 10.7. The molecule has 1 aliphatic heterocycles. The Morgan fingerprint density at radius 1 is 1.21 bits per heavy atom. The van der Waals surface area contributed by atoms with E-state index in [-0.39, 0.29) is 31.1 Å². The number of imidazole rings is 1. The summed E-state index contributed by atoms with van der Waals surface area (Å²) in [6.45, 7) is 5.06. The largest absolute Gasteiger partial charge is 0.387 e. The molecule has 8 nitrogen and oxygen atoms in total. The van der Waals surface area contributed by atoms with E-state index in [9.17, 15) is 24.0 Å². The van der Waals surface area contributed by atoms with E-state index in [4.69, 9.17) is 11.6 Å². The second-order valence-electron chi connectivity index (χ2n) is 8.62. The van der Waals surface area contributed by atoms with Crippen LogP contribution in [-0.2, 0) is 19.5 Å². The number of pyridine rings is 1. The number of rotatable bonds is 6. The molecule has 182 valence electrons. The Hall–Kier alpha value is -2.60. The molecule has 0 saturated carbocycles. The normalized spacial score (nSPS) is 15.4. The van der Waals surface area contributed by atoms with Crippen molar-refractivity contribution in [2.24, 2.45) is 0 Å². The first-order valence-electron chi connectivity index (χ1n) is 10.3. The fourth-order valence-corrected chi connectivity index (χ4v) is 4.41. The number of nitro groups is 1. The van der Waals surface area contributed by atoms with Crippen LogP contribution in [0, 0.1) is 28.7 Å². The number of hydrogen-bond donors (Lipinski definition) is 1. The lowest BCUT2D eigenvalue weighted by Crippen LogP contribution is -2.45. The van der Waals surface area contributed by atoms with Gasteiger partial charge in [-0.25, -0.2) is 8.78 Å². The van der Waals surface area contributed by atoms with Crippen molar-refractivity contribution in [3.05, 3.63) is 74.3 Å². The molecule has 0 amide bonds. The minimum atomic E-state index is -1.23. The molecule has 1 aliphatic rings. The minimum Gasteiger partial charge on any atom is -0.387 e.